The fourth-order valence-electron chi connectivity index (χ4n) is 17.4. The Morgan fingerprint density at radius 2 is 1.34 bits per heavy atom. The Hall–Kier alpha value is -9.29. The molecular formula is C91H121Cl2N7O29. The van der Waals surface area contributed by atoms with Crippen LogP contribution in [-0.4, -0.2) is 236 Å². The van der Waals surface area contributed by atoms with Crippen LogP contribution in [0, 0.1) is 23.7 Å². The molecule has 7 aliphatic rings. The van der Waals surface area contributed by atoms with Crippen LogP contribution >= 0.6 is 23.2 Å². The number of unbranched alkanes of at least 4 members (excludes halogenated alkanes) is 8. The molecule has 5 aromatic rings. The number of hydrogen-bond acceptors (Lipinski definition) is 31. The van der Waals surface area contributed by atoms with Gasteiger partial charge in [0.15, 0.2) is 28.8 Å². The molecule has 38 heteroatoms. The minimum absolute atomic E-state index is 0.000743. The van der Waals surface area contributed by atoms with Crippen molar-refractivity contribution in [3.8, 4) is 57.1 Å². The van der Waals surface area contributed by atoms with Gasteiger partial charge in [-0.25, -0.2) is 0 Å². The van der Waals surface area contributed by atoms with E-state index in [4.69, 9.17) is 57.4 Å². The van der Waals surface area contributed by atoms with Crippen molar-refractivity contribution in [3.63, 3.8) is 0 Å². The van der Waals surface area contributed by atoms with Crippen molar-refractivity contribution >= 4 is 76.6 Å². The van der Waals surface area contributed by atoms with Gasteiger partial charge in [0.25, 0.3) is 6.47 Å². The van der Waals surface area contributed by atoms with Crippen LogP contribution in [0.3, 0.4) is 0 Å². The highest BCUT2D eigenvalue weighted by molar-refractivity contribution is 6.32. The van der Waals surface area contributed by atoms with Crippen LogP contribution in [0.2, 0.25) is 10.0 Å². The maximum atomic E-state index is 16.6. The quantitative estimate of drug-likeness (QED) is 0.0179. The molecule has 3 unspecified atom stereocenters. The number of nitrogens with two attached hydrogens (primary N) is 1. The van der Waals surface area contributed by atoms with E-state index in [2.05, 4.69) is 38.8 Å². The summed E-state index contributed by atoms with van der Waals surface area (Å²) in [6, 6.07) is 7.36. The molecule has 2 fully saturated rings. The van der Waals surface area contributed by atoms with Crippen LogP contribution in [0.5, 0.6) is 46.0 Å². The third-order valence-corrected chi connectivity index (χ3v) is 25.3. The minimum Gasteiger partial charge on any atom is -0.507 e. The number of primary amides is 1. The van der Waals surface area contributed by atoms with E-state index in [0.717, 1.165) is 87.4 Å². The fourth-order valence-corrected chi connectivity index (χ4v) is 17.8. The summed E-state index contributed by atoms with van der Waals surface area (Å²) in [5, 5.41) is 175. The summed E-state index contributed by atoms with van der Waals surface area (Å²) in [6.45, 7) is 9.37. The third kappa shape index (κ3) is 24.9. The molecule has 5 aromatic carbocycles. The molecule has 12 rings (SSSR count). The number of ether oxygens (including phenoxy) is 6. The van der Waals surface area contributed by atoms with Crippen molar-refractivity contribution in [2.75, 3.05) is 26.3 Å². The topological polar surface area (TPSA) is 590 Å². The Morgan fingerprint density at radius 3 is 1.95 bits per heavy atom. The highest BCUT2D eigenvalue weighted by Gasteiger charge is 2.52. The molecule has 22 N–H and O–H groups in total. The number of aromatic hydroxyl groups is 3. The molecule has 36 nitrogen and oxygen atoms in total. The number of carbonyl (C=O) groups excluding carboxylic acids is 9. The van der Waals surface area contributed by atoms with Gasteiger partial charge < -0.3 is 138 Å². The Labute approximate surface area is 755 Å². The number of aliphatic hydroxyl groups is 11. The number of halogens is 2. The summed E-state index contributed by atoms with van der Waals surface area (Å²) in [5.41, 5.74) is 2.19. The van der Waals surface area contributed by atoms with Crippen LogP contribution in [0.1, 0.15) is 221 Å². The third-order valence-electron chi connectivity index (χ3n) is 24.7. The Kier molecular flexibility index (Phi) is 36.5. The van der Waals surface area contributed by atoms with Gasteiger partial charge in [0.2, 0.25) is 47.8 Å². The number of rotatable bonds is 36. The molecule has 22 atom stereocenters. The molecule has 129 heavy (non-hydrogen) atoms. The lowest BCUT2D eigenvalue weighted by molar-refractivity contribution is -0.299. The van der Waals surface area contributed by atoms with E-state index >= 15 is 24.0 Å². The number of ketones is 3. The number of phenolic OH excluding ortho intramolecular Hbond substituents is 3. The van der Waals surface area contributed by atoms with Crippen molar-refractivity contribution < 1.29 is 143 Å². The van der Waals surface area contributed by atoms with Gasteiger partial charge in [0, 0.05) is 60.4 Å². The molecule has 6 aliphatic heterocycles. The van der Waals surface area contributed by atoms with Crippen LogP contribution in [0.4, 0.5) is 0 Å². The molecule has 6 heterocycles. The van der Waals surface area contributed by atoms with Crippen LogP contribution in [0.15, 0.2) is 72.8 Å². The lowest BCUT2D eigenvalue weighted by Gasteiger charge is -2.49. The first-order chi connectivity index (χ1) is 61.3. The zero-order valence-electron chi connectivity index (χ0n) is 72.7. The molecular weight excluding hydrogens is 1730 g/mol. The zero-order valence-corrected chi connectivity index (χ0v) is 74.2. The van der Waals surface area contributed by atoms with Crippen LogP contribution < -0.4 is 51.8 Å². The standard InChI is InChI=1S/C91H121Cl2N7O29/c1-7-9-10-11-12-13-14-16-26-96-91(6)38-51(28-44(5)84(91)119)125-83-81(118)79(116)68(41-102)128-90(83)129-82-66-33-49-34-67(82)127-65-24-21-48(31-57(65)93)75(112)73-88(123)100-89(124-42-103)54-37-60(106)55(39-95-25-17-15-18-59(105)77(114)80(117)78(115)63(109)40-101)76(113)70(54)53-29-46(19-22-58(53)104)52(87(122)99-73)36-62(108)71(49)97-86(121)50(35-69(94)110)32-61(107)72(98-85(120)45(8-2)27-43(3)4)74(111)47-20-23-64(126-66)56(92)30-47/h19-24,29-31,33-34,37,42-45,50-52,63,68,71-75,77-81,83-84,89-90,95-96,101-102,104,106,109,111-119H,7-18,25-28,32,35-36,38-41H2,1-6H3,(H2,94,110)(H,97,121)(H,98,120)(H,99,122)(H,100,123)/t44-,45-,50+,51-,52-,63-,68-,71-,72+,73+,74-,75-,77+,78-,79?,80-,81?,83-,84-,89-,90+,91?/m1/s1. The highest BCUT2D eigenvalue weighted by Crippen LogP contribution is 2.52. The number of aliphatic hydroxyl groups excluding tert-OH is 11. The SMILES string of the molecule is CCCCCCCCCCNC1(C)C[C@H](O[C@@H]2C(O)C(O)[C@@H](CO)O[C@H]2Oc2c3cc4cc2Oc2ccc(cc2Cl)[C@@H](O)[C@@H](NC(=O)[C@H](CC)CC(C)C)C(=O)C[C@@H](CC(N)=O)C(=O)N[C@H]4C(=O)C[C@H]2C(=O)N[C@H](C(=O)N[C@H](OC=O)c4cc(O)c(CNCCCCC(=O)[C@H](O)[C@@H](O)[C@H](O)[C@H](O)CO)c(O)c4-c4cc2ccc4O)[C@H](O)c2ccc(c(Cl)c2)O3)C[C@@H](C)[C@H]1O. The molecule has 0 spiro atoms. The number of phenols is 3. The number of amides is 5. The Balaban J connectivity index is 1.15. The normalized spacial score (nSPS) is 26.7. The van der Waals surface area contributed by atoms with E-state index in [1.165, 1.54) is 36.8 Å². The van der Waals surface area contributed by atoms with Crippen molar-refractivity contribution in [1.82, 2.24) is 31.9 Å². The van der Waals surface area contributed by atoms with Crippen LogP contribution in [0.25, 0.3) is 11.1 Å². The average Bonchev–Trinajstić information content (AvgIpc) is 0.755. The minimum atomic E-state index is -2.25. The number of hydrogen-bond donors (Lipinski definition) is 21. The maximum Gasteiger partial charge on any atom is 0.295 e. The second-order valence-corrected chi connectivity index (χ2v) is 35.6. The summed E-state index contributed by atoms with van der Waals surface area (Å²) >= 11 is 14.5. The smallest absolute Gasteiger partial charge is 0.295 e. The van der Waals surface area contributed by atoms with E-state index in [1.54, 1.807) is 6.92 Å². The van der Waals surface area contributed by atoms with E-state index in [0.29, 0.717) is 13.0 Å². The fraction of sp³-hybridized carbons (Fsp3) is 0.571. The van der Waals surface area contributed by atoms with Gasteiger partial charge in [0.1, 0.15) is 108 Å². The lowest BCUT2D eigenvalue weighted by Crippen LogP contribution is -2.64. The van der Waals surface area contributed by atoms with Gasteiger partial charge in [-0.1, -0.05) is 121 Å². The second kappa shape index (κ2) is 46.2. The lowest BCUT2D eigenvalue weighted by atomic mass is 9.73. The molecule has 0 radical (unpaired) electrons. The number of carbonyl (C=O) groups is 9. The summed E-state index contributed by atoms with van der Waals surface area (Å²) in [5.74, 6) is -18.7. The predicted molar refractivity (Wildman–Crippen MR) is 464 cm³/mol. The van der Waals surface area contributed by atoms with Crippen molar-refractivity contribution in [3.05, 3.63) is 116 Å². The van der Waals surface area contributed by atoms with Gasteiger partial charge in [-0.15, -0.1) is 0 Å². The number of fused-ring (bicyclic) bond motifs is 15. The van der Waals surface area contributed by atoms with Crippen molar-refractivity contribution in [2.24, 2.45) is 29.4 Å². The molecule has 5 amide bonds. The maximum absolute atomic E-state index is 16.6. The van der Waals surface area contributed by atoms with Gasteiger partial charge >= 0.3 is 0 Å². The average molecular weight is 1850 g/mol. The summed E-state index contributed by atoms with van der Waals surface area (Å²) in [4.78, 5) is 132. The van der Waals surface area contributed by atoms with Crippen molar-refractivity contribution in [1.29, 1.82) is 0 Å². The zero-order chi connectivity index (χ0) is 94.2. The van der Waals surface area contributed by atoms with E-state index in [9.17, 15) is 90.7 Å². The summed E-state index contributed by atoms with van der Waals surface area (Å²) in [6.07, 6.45) is -19.4. The molecule has 1 aliphatic carbocycles. The van der Waals surface area contributed by atoms with E-state index < -0.39 is 275 Å². The molecule has 0 aromatic heterocycles. The van der Waals surface area contributed by atoms with Gasteiger partial charge in [-0.2, -0.15) is 0 Å². The Bertz CT molecular complexity index is 4780. The molecule has 708 valence electrons. The summed E-state index contributed by atoms with van der Waals surface area (Å²) in [7, 11) is 0. The van der Waals surface area contributed by atoms with Crippen LogP contribution in [-0.2, 0) is 63.9 Å². The number of Topliss-reactive ketones (excluding diaryl/α,β-unsaturated/α-hetero) is 3. The number of nitrogens with one attached hydrogen (secondary N) is 6. The monoisotopic (exact) mass is 1850 g/mol. The second-order valence-electron chi connectivity index (χ2n) is 34.8. The van der Waals surface area contributed by atoms with Gasteiger partial charge in [-0.05, 0) is 154 Å². The van der Waals surface area contributed by atoms with Gasteiger partial charge in [0.05, 0.1) is 52.9 Å². The largest absolute Gasteiger partial charge is 0.507 e. The first-order valence-electron chi connectivity index (χ1n) is 43.8. The highest BCUT2D eigenvalue weighted by atomic mass is 35.5. The first kappa shape index (κ1) is 102. The van der Waals surface area contributed by atoms with Crippen molar-refractivity contribution in [2.45, 2.75) is 279 Å². The molecule has 11 bridgehead atoms. The van der Waals surface area contributed by atoms with E-state index in [-0.39, 0.29) is 102 Å². The molecule has 1 saturated carbocycles. The first-order valence-corrected chi connectivity index (χ1v) is 44.6. The predicted octanol–water partition coefficient (Wildman–Crippen LogP) is 5.27. The molecule has 1 saturated heterocycles. The van der Waals surface area contributed by atoms with Gasteiger partial charge in [-0.3, -0.25) is 43.2 Å². The van der Waals surface area contributed by atoms with E-state index in [1.807, 2.05) is 27.7 Å². The number of benzene rings is 5. The Morgan fingerprint density at radius 1 is 0.705 bits per heavy atom. The summed E-state index contributed by atoms with van der Waals surface area (Å²) < 4.78 is 39.3.